The van der Waals surface area contributed by atoms with Gasteiger partial charge in [0.15, 0.2) is 0 Å². The van der Waals surface area contributed by atoms with E-state index in [0.29, 0.717) is 0 Å². The molecule has 4 heteroatoms. The molecule has 0 radical (unpaired) electrons. The van der Waals surface area contributed by atoms with Crippen LogP contribution in [0.5, 0.6) is 0 Å². The van der Waals surface area contributed by atoms with Gasteiger partial charge in [-0.2, -0.15) is 5.10 Å². The number of rotatable bonds is 5. The molecule has 20 heavy (non-hydrogen) atoms. The van der Waals surface area contributed by atoms with Gasteiger partial charge in [0.1, 0.15) is 0 Å². The van der Waals surface area contributed by atoms with Crippen LogP contribution in [0.15, 0.2) is 22.7 Å². The van der Waals surface area contributed by atoms with E-state index in [-0.39, 0.29) is 0 Å². The van der Waals surface area contributed by atoms with Crippen molar-refractivity contribution in [2.45, 2.75) is 40.3 Å². The number of benzene rings is 1. The molecule has 1 aromatic carbocycles. The zero-order valence-corrected chi connectivity index (χ0v) is 14.2. The maximum absolute atomic E-state index is 4.66. The van der Waals surface area contributed by atoms with Gasteiger partial charge < -0.3 is 5.32 Å². The second kappa shape index (κ2) is 6.55. The number of hydrogen-bond donors (Lipinski definition) is 1. The van der Waals surface area contributed by atoms with Crippen LogP contribution in [0.2, 0.25) is 0 Å². The quantitative estimate of drug-likeness (QED) is 0.904. The van der Waals surface area contributed by atoms with Gasteiger partial charge in [-0.25, -0.2) is 0 Å². The third kappa shape index (κ3) is 3.13. The van der Waals surface area contributed by atoms with E-state index in [1.807, 2.05) is 7.05 Å². The lowest BCUT2D eigenvalue weighted by Crippen LogP contribution is -2.07. The van der Waals surface area contributed by atoms with Crippen LogP contribution in [0.25, 0.3) is 0 Å². The molecule has 0 atom stereocenters. The second-order valence-corrected chi connectivity index (χ2v) is 5.97. The smallest absolute Gasteiger partial charge is 0.0673 e. The van der Waals surface area contributed by atoms with Crippen molar-refractivity contribution in [1.82, 2.24) is 15.1 Å². The molecule has 0 amide bonds. The van der Waals surface area contributed by atoms with Crippen molar-refractivity contribution in [3.8, 4) is 0 Å². The Morgan fingerprint density at radius 1 is 1.30 bits per heavy atom. The number of aryl methyl sites for hydroxylation is 1. The fourth-order valence-electron chi connectivity index (χ4n) is 2.59. The first-order valence-corrected chi connectivity index (χ1v) is 7.80. The maximum atomic E-state index is 4.66. The summed E-state index contributed by atoms with van der Waals surface area (Å²) in [7, 11) is 1.96. The minimum Gasteiger partial charge on any atom is -0.316 e. The summed E-state index contributed by atoms with van der Waals surface area (Å²) in [6.45, 7) is 8.13. The molecule has 1 N–H and O–H groups in total. The first-order valence-electron chi connectivity index (χ1n) is 7.01. The summed E-state index contributed by atoms with van der Waals surface area (Å²) in [6.07, 6.45) is 1.04. The van der Waals surface area contributed by atoms with Crippen molar-refractivity contribution in [3.63, 3.8) is 0 Å². The van der Waals surface area contributed by atoms with E-state index in [2.05, 4.69) is 70.0 Å². The van der Waals surface area contributed by atoms with Crippen molar-refractivity contribution in [1.29, 1.82) is 0 Å². The molecule has 1 heterocycles. The summed E-state index contributed by atoms with van der Waals surface area (Å²) in [5.41, 5.74) is 6.33. The third-order valence-corrected chi connectivity index (χ3v) is 4.44. The predicted molar refractivity (Wildman–Crippen MR) is 87.1 cm³/mol. The highest BCUT2D eigenvalue weighted by atomic mass is 79.9. The molecule has 0 aliphatic heterocycles. The van der Waals surface area contributed by atoms with E-state index in [4.69, 9.17) is 0 Å². The number of nitrogens with one attached hydrogen (secondary N) is 1. The van der Waals surface area contributed by atoms with Crippen LogP contribution in [0.4, 0.5) is 0 Å². The Labute approximate surface area is 129 Å². The average molecular weight is 336 g/mol. The van der Waals surface area contributed by atoms with Gasteiger partial charge in [0.2, 0.25) is 0 Å². The van der Waals surface area contributed by atoms with Crippen LogP contribution >= 0.6 is 15.9 Å². The van der Waals surface area contributed by atoms with Crippen molar-refractivity contribution in [2.24, 2.45) is 0 Å². The fourth-order valence-corrected chi connectivity index (χ4v) is 3.15. The summed E-state index contributed by atoms with van der Waals surface area (Å²) >= 11 is 3.67. The van der Waals surface area contributed by atoms with Crippen LogP contribution in [0.3, 0.4) is 0 Å². The molecular formula is C16H22BrN3. The normalized spacial score (nSPS) is 11.1. The van der Waals surface area contributed by atoms with Gasteiger partial charge in [-0.3, -0.25) is 4.68 Å². The molecule has 108 valence electrons. The SMILES string of the molecule is CCc1c(C)nn(Cc2ccc(CNC)cc2Br)c1C. The largest absolute Gasteiger partial charge is 0.316 e. The van der Waals surface area contributed by atoms with E-state index in [1.165, 1.54) is 22.4 Å². The first-order chi connectivity index (χ1) is 9.56. The van der Waals surface area contributed by atoms with Gasteiger partial charge in [0.05, 0.1) is 12.2 Å². The highest BCUT2D eigenvalue weighted by Gasteiger charge is 2.11. The van der Waals surface area contributed by atoms with Crippen molar-refractivity contribution >= 4 is 15.9 Å². The lowest BCUT2D eigenvalue weighted by molar-refractivity contribution is 0.656. The van der Waals surface area contributed by atoms with Crippen LogP contribution in [-0.4, -0.2) is 16.8 Å². The molecule has 0 fully saturated rings. The Morgan fingerprint density at radius 3 is 2.60 bits per heavy atom. The topological polar surface area (TPSA) is 29.9 Å². The Bertz CT molecular complexity index is 602. The summed E-state index contributed by atoms with van der Waals surface area (Å²) in [4.78, 5) is 0. The Kier molecular flexibility index (Phi) is 5.00. The third-order valence-electron chi connectivity index (χ3n) is 3.70. The molecule has 2 rings (SSSR count). The van der Waals surface area contributed by atoms with Crippen molar-refractivity contribution < 1.29 is 0 Å². The van der Waals surface area contributed by atoms with Gasteiger partial charge in [0.25, 0.3) is 0 Å². The Morgan fingerprint density at radius 2 is 2.05 bits per heavy atom. The highest BCUT2D eigenvalue weighted by molar-refractivity contribution is 9.10. The number of hydrogen-bond acceptors (Lipinski definition) is 2. The molecule has 3 nitrogen and oxygen atoms in total. The second-order valence-electron chi connectivity index (χ2n) is 5.12. The minimum absolute atomic E-state index is 0.813. The van der Waals surface area contributed by atoms with Gasteiger partial charge in [0, 0.05) is 16.7 Å². The van der Waals surface area contributed by atoms with Crippen molar-refractivity contribution in [3.05, 3.63) is 50.8 Å². The Hall–Kier alpha value is -1.13. The average Bonchev–Trinajstić information content (AvgIpc) is 2.67. The van der Waals surface area contributed by atoms with Crippen molar-refractivity contribution in [2.75, 3.05) is 7.05 Å². The van der Waals surface area contributed by atoms with E-state index in [9.17, 15) is 0 Å². The fraction of sp³-hybridized carbons (Fsp3) is 0.438. The van der Waals surface area contributed by atoms with E-state index < -0.39 is 0 Å². The lowest BCUT2D eigenvalue weighted by Gasteiger charge is -2.09. The number of nitrogens with zero attached hydrogens (tertiary/aromatic N) is 2. The molecule has 2 aromatic rings. The summed E-state index contributed by atoms with van der Waals surface area (Å²) in [5.74, 6) is 0. The van der Waals surface area contributed by atoms with Gasteiger partial charge >= 0.3 is 0 Å². The van der Waals surface area contributed by atoms with Gasteiger partial charge in [-0.05, 0) is 50.1 Å². The van der Waals surface area contributed by atoms with Crippen LogP contribution in [0.1, 0.15) is 35.0 Å². The van der Waals surface area contributed by atoms with Crippen LogP contribution in [-0.2, 0) is 19.5 Å². The van der Waals surface area contributed by atoms with E-state index in [1.54, 1.807) is 0 Å². The lowest BCUT2D eigenvalue weighted by atomic mass is 10.1. The summed E-state index contributed by atoms with van der Waals surface area (Å²) < 4.78 is 3.25. The zero-order chi connectivity index (χ0) is 14.7. The summed E-state index contributed by atoms with van der Waals surface area (Å²) in [6, 6.07) is 6.53. The van der Waals surface area contributed by atoms with Gasteiger partial charge in [-0.15, -0.1) is 0 Å². The molecule has 0 saturated heterocycles. The standard InChI is InChI=1S/C16H22BrN3/c1-5-15-11(2)19-20(12(15)3)10-14-7-6-13(9-18-4)8-16(14)17/h6-8,18H,5,9-10H2,1-4H3. The summed E-state index contributed by atoms with van der Waals surface area (Å²) in [5, 5.41) is 7.83. The molecule has 0 aliphatic rings. The highest BCUT2D eigenvalue weighted by Crippen LogP contribution is 2.22. The molecule has 0 unspecified atom stereocenters. The molecular weight excluding hydrogens is 314 g/mol. The van der Waals surface area contributed by atoms with Crippen LogP contribution in [0, 0.1) is 13.8 Å². The number of aromatic nitrogens is 2. The maximum Gasteiger partial charge on any atom is 0.0673 e. The van der Waals surface area contributed by atoms with Gasteiger partial charge in [-0.1, -0.05) is 35.0 Å². The molecule has 0 bridgehead atoms. The Balaban J connectivity index is 2.26. The molecule has 0 aliphatic carbocycles. The zero-order valence-electron chi connectivity index (χ0n) is 12.6. The minimum atomic E-state index is 0.813. The van der Waals surface area contributed by atoms with E-state index in [0.717, 1.165) is 29.7 Å². The first kappa shape index (κ1) is 15.3. The monoisotopic (exact) mass is 335 g/mol. The predicted octanol–water partition coefficient (Wildman–Crippen LogP) is 3.59. The molecule has 0 saturated carbocycles. The number of halogens is 1. The van der Waals surface area contributed by atoms with Crippen LogP contribution < -0.4 is 5.32 Å². The van der Waals surface area contributed by atoms with E-state index >= 15 is 0 Å². The molecule has 1 aromatic heterocycles. The molecule has 0 spiro atoms.